The van der Waals surface area contributed by atoms with Crippen molar-refractivity contribution in [2.45, 2.75) is 6.54 Å². The molecule has 122 valence electrons. The Bertz CT molecular complexity index is 945. The number of para-hydroxylation sites is 1. The smallest absolute Gasteiger partial charge is 0.280 e. The van der Waals surface area contributed by atoms with E-state index in [0.29, 0.717) is 17.4 Å². The van der Waals surface area contributed by atoms with Gasteiger partial charge in [-0.05, 0) is 29.8 Å². The Kier molecular flexibility index (Phi) is 4.31. The summed E-state index contributed by atoms with van der Waals surface area (Å²) in [5.74, 6) is -0.0712. The van der Waals surface area contributed by atoms with Gasteiger partial charge in [0.2, 0.25) is 5.43 Å². The minimum absolute atomic E-state index is 0.107. The summed E-state index contributed by atoms with van der Waals surface area (Å²) in [6.45, 7) is 0.469. The molecule has 0 bridgehead atoms. The predicted molar refractivity (Wildman–Crippen MR) is 89.6 cm³/mol. The number of carbonyl (C=O) groups excluding carboxylic acids is 1. The van der Waals surface area contributed by atoms with Crippen LogP contribution in [-0.2, 0) is 6.54 Å². The van der Waals surface area contributed by atoms with Crippen molar-refractivity contribution < 1.29 is 14.7 Å². The van der Waals surface area contributed by atoms with E-state index in [0.717, 1.165) is 11.3 Å². The van der Waals surface area contributed by atoms with E-state index in [-0.39, 0.29) is 5.56 Å². The molecule has 0 aliphatic rings. The first-order valence-corrected chi connectivity index (χ1v) is 7.33. The van der Waals surface area contributed by atoms with Crippen LogP contribution in [0.3, 0.4) is 0 Å². The number of pyridine rings is 1. The van der Waals surface area contributed by atoms with Crippen molar-refractivity contribution in [3.8, 4) is 5.75 Å². The normalized spacial score (nSPS) is 10.6. The zero-order valence-corrected chi connectivity index (χ0v) is 13.0. The summed E-state index contributed by atoms with van der Waals surface area (Å²) in [7, 11) is 1.60. The quantitative estimate of drug-likeness (QED) is 0.569. The Morgan fingerprint density at radius 3 is 2.54 bits per heavy atom. The standard InChI is InChI=1S/C18H16N2O4/c1-24-13-8-6-12(7-9-13)10-20-11-15(18(22)19-23)17(21)14-4-2-3-5-16(14)20/h2-9,11,23H,10H2,1H3,(H,19,22). The van der Waals surface area contributed by atoms with Gasteiger partial charge in [0, 0.05) is 18.1 Å². The second-order valence-corrected chi connectivity index (χ2v) is 5.31. The van der Waals surface area contributed by atoms with Crippen LogP contribution < -0.4 is 15.6 Å². The molecule has 0 fully saturated rings. The van der Waals surface area contributed by atoms with Gasteiger partial charge in [-0.25, -0.2) is 5.48 Å². The summed E-state index contributed by atoms with van der Waals surface area (Å²) in [6.07, 6.45) is 1.46. The second-order valence-electron chi connectivity index (χ2n) is 5.31. The van der Waals surface area contributed by atoms with E-state index in [2.05, 4.69) is 0 Å². The second kappa shape index (κ2) is 6.55. The van der Waals surface area contributed by atoms with Gasteiger partial charge in [0.25, 0.3) is 5.91 Å². The van der Waals surface area contributed by atoms with Crippen LogP contribution in [0.1, 0.15) is 15.9 Å². The molecule has 0 unspecified atom stereocenters. The van der Waals surface area contributed by atoms with Crippen molar-refractivity contribution in [3.05, 3.63) is 76.1 Å². The number of rotatable bonds is 4. The number of ether oxygens (including phenoxy) is 1. The largest absolute Gasteiger partial charge is 0.497 e. The maximum atomic E-state index is 12.4. The fourth-order valence-electron chi connectivity index (χ4n) is 2.63. The van der Waals surface area contributed by atoms with Crippen LogP contribution in [0.25, 0.3) is 10.9 Å². The molecule has 0 aliphatic heterocycles. The Morgan fingerprint density at radius 1 is 1.17 bits per heavy atom. The van der Waals surface area contributed by atoms with Crippen LogP contribution in [0, 0.1) is 0 Å². The third-order valence-electron chi connectivity index (χ3n) is 3.85. The molecule has 1 heterocycles. The SMILES string of the molecule is COc1ccc(Cn2cc(C(=O)NO)c(=O)c3ccccc32)cc1. The molecule has 0 aliphatic carbocycles. The summed E-state index contributed by atoms with van der Waals surface area (Å²) < 4.78 is 6.95. The molecule has 3 aromatic rings. The Hall–Kier alpha value is -3.12. The molecule has 6 heteroatoms. The fraction of sp³-hybridized carbons (Fsp3) is 0.111. The average molecular weight is 324 g/mol. The summed E-state index contributed by atoms with van der Waals surface area (Å²) in [5.41, 5.74) is 2.71. The summed E-state index contributed by atoms with van der Waals surface area (Å²) >= 11 is 0. The van der Waals surface area contributed by atoms with Crippen molar-refractivity contribution in [2.24, 2.45) is 0 Å². The number of aromatic nitrogens is 1. The van der Waals surface area contributed by atoms with Gasteiger partial charge in [0.1, 0.15) is 11.3 Å². The Balaban J connectivity index is 2.13. The molecule has 6 nitrogen and oxygen atoms in total. The van der Waals surface area contributed by atoms with Crippen LogP contribution in [0.15, 0.2) is 59.5 Å². The van der Waals surface area contributed by atoms with Crippen molar-refractivity contribution >= 4 is 16.8 Å². The first-order chi connectivity index (χ1) is 11.6. The molecule has 24 heavy (non-hydrogen) atoms. The molecular formula is C18H16N2O4. The lowest BCUT2D eigenvalue weighted by atomic mass is 10.1. The zero-order chi connectivity index (χ0) is 17.1. The number of fused-ring (bicyclic) bond motifs is 1. The maximum absolute atomic E-state index is 12.4. The molecular weight excluding hydrogens is 308 g/mol. The third-order valence-corrected chi connectivity index (χ3v) is 3.85. The number of hydroxylamine groups is 1. The summed E-state index contributed by atoms with van der Waals surface area (Å²) in [5, 5.41) is 9.28. The first-order valence-electron chi connectivity index (χ1n) is 7.33. The van der Waals surface area contributed by atoms with Crippen molar-refractivity contribution in [1.29, 1.82) is 0 Å². The Morgan fingerprint density at radius 2 is 1.88 bits per heavy atom. The highest BCUT2D eigenvalue weighted by atomic mass is 16.5. The van der Waals surface area contributed by atoms with E-state index < -0.39 is 11.3 Å². The van der Waals surface area contributed by atoms with Gasteiger partial charge in [0.15, 0.2) is 0 Å². The zero-order valence-electron chi connectivity index (χ0n) is 13.0. The molecule has 1 amide bonds. The number of benzene rings is 2. The van der Waals surface area contributed by atoms with Crippen molar-refractivity contribution in [3.63, 3.8) is 0 Å². The highest BCUT2D eigenvalue weighted by molar-refractivity contribution is 5.96. The number of hydrogen-bond donors (Lipinski definition) is 2. The summed E-state index contributed by atoms with van der Waals surface area (Å²) in [6, 6.07) is 14.6. The van der Waals surface area contributed by atoms with E-state index in [1.807, 2.05) is 41.0 Å². The predicted octanol–water partition coefficient (Wildman–Crippen LogP) is 2.18. The number of hydrogen-bond acceptors (Lipinski definition) is 4. The van der Waals surface area contributed by atoms with E-state index in [4.69, 9.17) is 9.94 Å². The lowest BCUT2D eigenvalue weighted by Crippen LogP contribution is -2.27. The van der Waals surface area contributed by atoms with Gasteiger partial charge in [-0.15, -0.1) is 0 Å². The highest BCUT2D eigenvalue weighted by Gasteiger charge is 2.14. The Labute approximate surface area is 137 Å². The molecule has 0 atom stereocenters. The van der Waals surface area contributed by atoms with Crippen LogP contribution in [0.2, 0.25) is 0 Å². The lowest BCUT2D eigenvalue weighted by Gasteiger charge is -2.13. The highest BCUT2D eigenvalue weighted by Crippen LogP contribution is 2.16. The third kappa shape index (κ3) is 2.87. The fourth-order valence-corrected chi connectivity index (χ4v) is 2.63. The van der Waals surface area contributed by atoms with E-state index in [9.17, 15) is 9.59 Å². The van der Waals surface area contributed by atoms with Gasteiger partial charge in [-0.1, -0.05) is 24.3 Å². The van der Waals surface area contributed by atoms with Crippen LogP contribution >= 0.6 is 0 Å². The molecule has 2 aromatic carbocycles. The number of methoxy groups -OCH3 is 1. The van der Waals surface area contributed by atoms with Crippen LogP contribution in [0.4, 0.5) is 0 Å². The van der Waals surface area contributed by atoms with E-state index in [1.54, 1.807) is 19.2 Å². The maximum Gasteiger partial charge on any atom is 0.280 e. The molecule has 0 radical (unpaired) electrons. The molecule has 0 spiro atoms. The average Bonchev–Trinajstić information content (AvgIpc) is 2.64. The molecule has 2 N–H and O–H groups in total. The molecule has 3 rings (SSSR count). The first kappa shape index (κ1) is 15.8. The number of carbonyl (C=O) groups is 1. The van der Waals surface area contributed by atoms with Gasteiger partial charge in [-0.2, -0.15) is 0 Å². The number of nitrogens with one attached hydrogen (secondary N) is 1. The van der Waals surface area contributed by atoms with Crippen LogP contribution in [0.5, 0.6) is 5.75 Å². The molecule has 1 aromatic heterocycles. The molecule has 0 saturated heterocycles. The van der Waals surface area contributed by atoms with Gasteiger partial charge in [0.05, 0.1) is 12.6 Å². The van der Waals surface area contributed by atoms with Crippen LogP contribution in [-0.4, -0.2) is 22.8 Å². The summed E-state index contributed by atoms with van der Waals surface area (Å²) in [4.78, 5) is 24.2. The topological polar surface area (TPSA) is 80.6 Å². The number of nitrogens with zero attached hydrogens (tertiary/aromatic N) is 1. The minimum atomic E-state index is -0.825. The van der Waals surface area contributed by atoms with Gasteiger partial charge >= 0.3 is 0 Å². The molecule has 0 saturated carbocycles. The monoisotopic (exact) mass is 324 g/mol. The van der Waals surface area contributed by atoms with Crippen molar-refractivity contribution in [1.82, 2.24) is 10.0 Å². The lowest BCUT2D eigenvalue weighted by molar-refractivity contribution is 0.0704. The van der Waals surface area contributed by atoms with Crippen molar-refractivity contribution in [2.75, 3.05) is 7.11 Å². The number of amides is 1. The van der Waals surface area contributed by atoms with Gasteiger partial charge in [-0.3, -0.25) is 14.8 Å². The van der Waals surface area contributed by atoms with E-state index in [1.165, 1.54) is 11.7 Å². The minimum Gasteiger partial charge on any atom is -0.497 e. The van der Waals surface area contributed by atoms with Gasteiger partial charge < -0.3 is 9.30 Å². The van der Waals surface area contributed by atoms with E-state index >= 15 is 0 Å².